The van der Waals surface area contributed by atoms with Crippen molar-refractivity contribution in [2.45, 2.75) is 32.2 Å². The molecule has 0 radical (unpaired) electrons. The van der Waals surface area contributed by atoms with Crippen LogP contribution in [0.3, 0.4) is 0 Å². The normalized spacial score (nSPS) is 16.5. The van der Waals surface area contributed by atoms with Gasteiger partial charge in [0.1, 0.15) is 0 Å². The molecule has 0 aromatic carbocycles. The Hall–Kier alpha value is -1.92. The average molecular weight is 434 g/mol. The molecule has 2 aromatic rings. The van der Waals surface area contributed by atoms with E-state index in [-0.39, 0.29) is 23.2 Å². The maximum absolute atomic E-state index is 13.4. The van der Waals surface area contributed by atoms with Crippen molar-refractivity contribution >= 4 is 27.3 Å². The summed E-state index contributed by atoms with van der Waals surface area (Å²) in [5, 5.41) is 3.51. The molecule has 3 rings (SSSR count). The van der Waals surface area contributed by atoms with E-state index in [4.69, 9.17) is 4.74 Å². The molecule has 12 heteroatoms. The molecule has 1 aliphatic rings. The Labute approximate surface area is 166 Å². The Morgan fingerprint density at radius 3 is 2.64 bits per heavy atom. The quantitative estimate of drug-likeness (QED) is 0.717. The van der Waals surface area contributed by atoms with Gasteiger partial charge in [-0.3, -0.25) is 0 Å². The van der Waals surface area contributed by atoms with E-state index in [1.54, 1.807) is 0 Å². The minimum atomic E-state index is -3.21. The van der Waals surface area contributed by atoms with Gasteiger partial charge in [-0.1, -0.05) is 11.3 Å². The molecule has 1 fully saturated rings. The average Bonchev–Trinajstić information content (AvgIpc) is 3.10. The lowest BCUT2D eigenvalue weighted by Crippen LogP contribution is -2.42. The summed E-state index contributed by atoms with van der Waals surface area (Å²) in [6.07, 6.45) is 2.19. The number of anilines is 1. The third-order valence-electron chi connectivity index (χ3n) is 4.29. The van der Waals surface area contributed by atoms with Gasteiger partial charge in [0.15, 0.2) is 0 Å². The number of halogens is 2. The van der Waals surface area contributed by atoms with Gasteiger partial charge < -0.3 is 10.1 Å². The molecule has 1 N–H and O–H groups in total. The van der Waals surface area contributed by atoms with Crippen molar-refractivity contribution in [3.8, 4) is 15.8 Å². The van der Waals surface area contributed by atoms with E-state index in [0.29, 0.717) is 42.6 Å². The highest BCUT2D eigenvalue weighted by molar-refractivity contribution is 7.88. The summed E-state index contributed by atoms with van der Waals surface area (Å²) in [7, 11) is -3.21. The van der Waals surface area contributed by atoms with Crippen LogP contribution in [0.15, 0.2) is 12.4 Å². The second kappa shape index (κ2) is 8.62. The molecule has 0 amide bonds. The molecule has 28 heavy (non-hydrogen) atoms. The molecule has 8 nitrogen and oxygen atoms in total. The van der Waals surface area contributed by atoms with Gasteiger partial charge >= 0.3 is 0 Å². The van der Waals surface area contributed by atoms with Gasteiger partial charge in [0.05, 0.1) is 35.2 Å². The van der Waals surface area contributed by atoms with E-state index in [0.717, 1.165) is 17.5 Å². The van der Waals surface area contributed by atoms with Crippen molar-refractivity contribution in [2.75, 3.05) is 31.3 Å². The van der Waals surface area contributed by atoms with E-state index in [2.05, 4.69) is 20.3 Å². The van der Waals surface area contributed by atoms with Gasteiger partial charge in [-0.2, -0.15) is 0 Å². The molecule has 0 spiro atoms. The van der Waals surface area contributed by atoms with Crippen LogP contribution in [0, 0.1) is 0 Å². The first-order chi connectivity index (χ1) is 13.3. The second-order valence-electron chi connectivity index (χ2n) is 6.30. The summed E-state index contributed by atoms with van der Waals surface area (Å²) < 4.78 is 56.7. The number of aromatic nitrogens is 3. The number of nitrogens with zero attached hydrogens (tertiary/aromatic N) is 4. The number of rotatable bonds is 7. The number of piperidine rings is 1. The Morgan fingerprint density at radius 2 is 2.04 bits per heavy atom. The van der Waals surface area contributed by atoms with E-state index in [1.165, 1.54) is 16.8 Å². The van der Waals surface area contributed by atoms with Crippen LogP contribution in [0.5, 0.6) is 5.19 Å². The van der Waals surface area contributed by atoms with Crippen LogP contribution in [0.4, 0.5) is 14.7 Å². The number of hydrogen-bond acceptors (Lipinski definition) is 8. The zero-order valence-corrected chi connectivity index (χ0v) is 17.1. The van der Waals surface area contributed by atoms with Crippen molar-refractivity contribution in [3.63, 3.8) is 0 Å². The van der Waals surface area contributed by atoms with Crippen LogP contribution in [-0.2, 0) is 10.0 Å². The van der Waals surface area contributed by atoms with Crippen molar-refractivity contribution in [2.24, 2.45) is 0 Å². The lowest BCUT2D eigenvalue weighted by atomic mass is 10.1. The molecule has 0 atom stereocenters. The van der Waals surface area contributed by atoms with Gasteiger partial charge in [-0.25, -0.2) is 36.5 Å². The summed E-state index contributed by atoms with van der Waals surface area (Å²) in [5.41, 5.74) is -0.159. The molecule has 3 heterocycles. The monoisotopic (exact) mass is 433 g/mol. The maximum atomic E-state index is 13.4. The van der Waals surface area contributed by atoms with Crippen LogP contribution in [0.1, 0.15) is 31.8 Å². The fraction of sp³-hybridized carbons (Fsp3) is 0.562. The summed E-state index contributed by atoms with van der Waals surface area (Å²) in [4.78, 5) is 12.8. The Bertz CT molecular complexity index is 915. The molecule has 0 aliphatic carbocycles. The number of alkyl halides is 2. The lowest BCUT2D eigenvalue weighted by Gasteiger charge is -2.30. The highest BCUT2D eigenvalue weighted by Gasteiger charge is 2.26. The van der Waals surface area contributed by atoms with Crippen LogP contribution in [-0.4, -0.2) is 59.7 Å². The predicted molar refractivity (Wildman–Crippen MR) is 102 cm³/mol. The van der Waals surface area contributed by atoms with E-state index < -0.39 is 16.4 Å². The predicted octanol–water partition coefficient (Wildman–Crippen LogP) is 2.77. The first kappa shape index (κ1) is 20.8. The van der Waals surface area contributed by atoms with E-state index in [9.17, 15) is 17.2 Å². The van der Waals surface area contributed by atoms with Gasteiger partial charge in [0, 0.05) is 25.3 Å². The number of nitrogens with one attached hydrogen (secondary N) is 1. The number of thiazole rings is 1. The van der Waals surface area contributed by atoms with E-state index >= 15 is 0 Å². The SMILES string of the molecule is CCOc1ncc(-c2nc(NC3CCN(S(C)(=O)=O)CC3)ncc2C(F)F)s1. The summed E-state index contributed by atoms with van der Waals surface area (Å²) in [6, 6.07) is -0.0382. The zero-order chi connectivity index (χ0) is 20.3. The molecule has 2 aromatic heterocycles. The highest BCUT2D eigenvalue weighted by atomic mass is 32.2. The highest BCUT2D eigenvalue weighted by Crippen LogP contribution is 2.35. The molecular weight excluding hydrogens is 412 g/mol. The molecular formula is C16H21F2N5O3S2. The largest absolute Gasteiger partial charge is 0.470 e. The Morgan fingerprint density at radius 1 is 1.32 bits per heavy atom. The van der Waals surface area contributed by atoms with Crippen molar-refractivity contribution in [1.82, 2.24) is 19.3 Å². The smallest absolute Gasteiger partial charge is 0.273 e. The molecule has 1 saturated heterocycles. The molecule has 0 bridgehead atoms. The maximum Gasteiger partial charge on any atom is 0.273 e. The minimum Gasteiger partial charge on any atom is -0.470 e. The third kappa shape index (κ3) is 4.92. The van der Waals surface area contributed by atoms with Crippen LogP contribution in [0.25, 0.3) is 10.6 Å². The topological polar surface area (TPSA) is 97.3 Å². The first-order valence-electron chi connectivity index (χ1n) is 8.73. The molecule has 0 unspecified atom stereocenters. The van der Waals surface area contributed by atoms with Crippen LogP contribution in [0.2, 0.25) is 0 Å². The van der Waals surface area contributed by atoms with Crippen molar-refractivity contribution in [3.05, 3.63) is 18.0 Å². The van der Waals surface area contributed by atoms with Gasteiger partial charge in [0.25, 0.3) is 11.6 Å². The Balaban J connectivity index is 1.78. The minimum absolute atomic E-state index is 0.0382. The molecule has 154 valence electrons. The fourth-order valence-electron chi connectivity index (χ4n) is 2.89. The van der Waals surface area contributed by atoms with Crippen molar-refractivity contribution in [1.29, 1.82) is 0 Å². The lowest BCUT2D eigenvalue weighted by molar-refractivity contribution is 0.151. The van der Waals surface area contributed by atoms with Crippen LogP contribution < -0.4 is 10.1 Å². The first-order valence-corrected chi connectivity index (χ1v) is 11.4. The van der Waals surface area contributed by atoms with Gasteiger partial charge in [-0.05, 0) is 19.8 Å². The summed E-state index contributed by atoms with van der Waals surface area (Å²) in [6.45, 7) is 3.03. The van der Waals surface area contributed by atoms with E-state index in [1.807, 2.05) is 6.92 Å². The number of hydrogen-bond donors (Lipinski definition) is 1. The standard InChI is InChI=1S/C16H21F2N5O3S2/c1-3-26-16-20-9-12(27-16)13-11(14(17)18)8-19-15(22-13)21-10-4-6-23(7-5-10)28(2,24)25/h8-10,14H,3-7H2,1-2H3,(H,19,21,22). The fourth-order valence-corrected chi connectivity index (χ4v) is 4.60. The summed E-state index contributed by atoms with van der Waals surface area (Å²) in [5.74, 6) is 0.226. The van der Waals surface area contributed by atoms with Gasteiger partial charge in [0.2, 0.25) is 16.0 Å². The molecule has 0 saturated carbocycles. The number of ether oxygens (including phenoxy) is 1. The summed E-state index contributed by atoms with van der Waals surface area (Å²) >= 11 is 1.14. The Kier molecular flexibility index (Phi) is 6.40. The van der Waals surface area contributed by atoms with Crippen molar-refractivity contribution < 1.29 is 21.9 Å². The third-order valence-corrected chi connectivity index (χ3v) is 6.51. The number of sulfonamides is 1. The van der Waals surface area contributed by atoms with Gasteiger partial charge in [-0.15, -0.1) is 0 Å². The second-order valence-corrected chi connectivity index (χ2v) is 9.28. The zero-order valence-electron chi connectivity index (χ0n) is 15.4. The van der Waals surface area contributed by atoms with Crippen LogP contribution >= 0.6 is 11.3 Å². The molecule has 1 aliphatic heterocycles.